The highest BCUT2D eigenvalue weighted by Crippen LogP contribution is 2.37. The SMILES string of the molecule is O=Cc1noc(C2CCCCS2)n1. The molecule has 1 fully saturated rings. The lowest BCUT2D eigenvalue weighted by atomic mass is 10.2. The minimum absolute atomic E-state index is 0.154. The van der Waals surface area contributed by atoms with Crippen molar-refractivity contribution in [3.63, 3.8) is 0 Å². The first-order valence-electron chi connectivity index (χ1n) is 4.30. The molecular weight excluding hydrogens is 188 g/mol. The highest BCUT2D eigenvalue weighted by Gasteiger charge is 2.21. The fourth-order valence-electron chi connectivity index (χ4n) is 1.36. The second-order valence-corrected chi connectivity index (χ2v) is 4.27. The van der Waals surface area contributed by atoms with E-state index < -0.39 is 0 Å². The third-order valence-electron chi connectivity index (χ3n) is 2.02. The Morgan fingerprint density at radius 1 is 1.54 bits per heavy atom. The van der Waals surface area contributed by atoms with Crippen LogP contribution in [0.15, 0.2) is 4.52 Å². The van der Waals surface area contributed by atoms with Crippen LogP contribution < -0.4 is 0 Å². The Bertz CT molecular complexity index is 294. The molecule has 1 atom stereocenters. The Hall–Kier alpha value is -0.840. The maximum atomic E-state index is 10.3. The molecule has 1 aromatic heterocycles. The zero-order chi connectivity index (χ0) is 9.10. The van der Waals surface area contributed by atoms with Crippen molar-refractivity contribution in [3.05, 3.63) is 11.7 Å². The Kier molecular flexibility index (Phi) is 2.63. The fraction of sp³-hybridized carbons (Fsp3) is 0.625. The van der Waals surface area contributed by atoms with E-state index in [0.717, 1.165) is 12.2 Å². The number of hydrogen-bond donors (Lipinski definition) is 0. The molecule has 0 spiro atoms. The Balaban J connectivity index is 2.09. The molecule has 0 aliphatic carbocycles. The van der Waals surface area contributed by atoms with E-state index in [-0.39, 0.29) is 5.82 Å². The van der Waals surface area contributed by atoms with Gasteiger partial charge in [-0.2, -0.15) is 4.98 Å². The molecule has 2 heterocycles. The molecule has 1 unspecified atom stereocenters. The molecule has 0 aromatic carbocycles. The van der Waals surface area contributed by atoms with E-state index in [1.807, 2.05) is 11.8 Å². The van der Waals surface area contributed by atoms with Crippen LogP contribution in [-0.4, -0.2) is 22.2 Å². The van der Waals surface area contributed by atoms with Crippen molar-refractivity contribution in [2.45, 2.75) is 24.5 Å². The van der Waals surface area contributed by atoms with Gasteiger partial charge in [0.05, 0.1) is 5.25 Å². The summed E-state index contributed by atoms with van der Waals surface area (Å²) in [5.41, 5.74) is 0. The first-order valence-corrected chi connectivity index (χ1v) is 5.35. The Morgan fingerprint density at radius 3 is 3.08 bits per heavy atom. The second kappa shape index (κ2) is 3.91. The highest BCUT2D eigenvalue weighted by molar-refractivity contribution is 7.99. The van der Waals surface area contributed by atoms with Crippen LogP contribution in [0, 0.1) is 0 Å². The summed E-state index contributed by atoms with van der Waals surface area (Å²) < 4.78 is 4.98. The number of aldehydes is 1. The number of carbonyl (C=O) groups excluding carboxylic acids is 1. The number of rotatable bonds is 2. The van der Waals surface area contributed by atoms with Gasteiger partial charge < -0.3 is 4.52 Å². The standard InChI is InChI=1S/C8H10N2O2S/c11-5-7-9-8(12-10-7)6-3-1-2-4-13-6/h5-6H,1-4H2. The second-order valence-electron chi connectivity index (χ2n) is 2.96. The van der Waals surface area contributed by atoms with Gasteiger partial charge in [0.15, 0.2) is 6.29 Å². The number of aromatic nitrogens is 2. The average molecular weight is 198 g/mol. The molecule has 0 N–H and O–H groups in total. The molecule has 13 heavy (non-hydrogen) atoms. The van der Waals surface area contributed by atoms with Crippen molar-refractivity contribution >= 4 is 18.0 Å². The third-order valence-corrected chi connectivity index (χ3v) is 3.38. The van der Waals surface area contributed by atoms with E-state index in [9.17, 15) is 4.79 Å². The fourth-order valence-corrected chi connectivity index (χ4v) is 2.59. The molecule has 4 nitrogen and oxygen atoms in total. The monoisotopic (exact) mass is 198 g/mol. The third kappa shape index (κ3) is 1.91. The summed E-state index contributed by atoms with van der Waals surface area (Å²) in [6, 6.07) is 0. The molecule has 0 bridgehead atoms. The zero-order valence-electron chi connectivity index (χ0n) is 7.10. The van der Waals surface area contributed by atoms with Crippen LogP contribution in [0.3, 0.4) is 0 Å². The van der Waals surface area contributed by atoms with Crippen molar-refractivity contribution in [2.75, 3.05) is 5.75 Å². The molecule has 2 rings (SSSR count). The summed E-state index contributed by atoms with van der Waals surface area (Å²) in [6.07, 6.45) is 4.15. The van der Waals surface area contributed by atoms with Gasteiger partial charge in [-0.25, -0.2) is 0 Å². The van der Waals surface area contributed by atoms with Crippen molar-refractivity contribution in [3.8, 4) is 0 Å². The van der Waals surface area contributed by atoms with Gasteiger partial charge in [0.25, 0.3) is 0 Å². The van der Waals surface area contributed by atoms with Crippen molar-refractivity contribution in [1.29, 1.82) is 0 Å². The largest absolute Gasteiger partial charge is 0.338 e. The van der Waals surface area contributed by atoms with Crippen molar-refractivity contribution in [2.24, 2.45) is 0 Å². The number of hydrogen-bond acceptors (Lipinski definition) is 5. The van der Waals surface area contributed by atoms with Gasteiger partial charge in [0, 0.05) is 0 Å². The van der Waals surface area contributed by atoms with Gasteiger partial charge in [0.2, 0.25) is 11.7 Å². The Labute approximate surface area is 80.1 Å². The van der Waals surface area contributed by atoms with Gasteiger partial charge in [-0.15, -0.1) is 11.8 Å². The molecule has 0 amide bonds. The highest BCUT2D eigenvalue weighted by atomic mass is 32.2. The first kappa shape index (κ1) is 8.74. The van der Waals surface area contributed by atoms with Crippen LogP contribution in [0.4, 0.5) is 0 Å². The minimum Gasteiger partial charge on any atom is -0.338 e. The molecular formula is C8H10N2O2S. The van der Waals surface area contributed by atoms with Crippen LogP contribution in [-0.2, 0) is 0 Å². The normalized spacial score (nSPS) is 22.9. The molecule has 5 heteroatoms. The topological polar surface area (TPSA) is 56.0 Å². The number of thioether (sulfide) groups is 1. The lowest BCUT2D eigenvalue weighted by molar-refractivity contribution is 0.111. The maximum Gasteiger partial charge on any atom is 0.240 e. The molecule has 0 radical (unpaired) electrons. The first-order chi connectivity index (χ1) is 6.40. The summed E-state index contributed by atoms with van der Waals surface area (Å²) in [6.45, 7) is 0. The van der Waals surface area contributed by atoms with Gasteiger partial charge in [-0.3, -0.25) is 4.79 Å². The molecule has 1 aromatic rings. The maximum absolute atomic E-state index is 10.3. The zero-order valence-corrected chi connectivity index (χ0v) is 7.92. The number of carbonyl (C=O) groups is 1. The summed E-state index contributed by atoms with van der Waals surface area (Å²) in [5, 5.41) is 3.84. The summed E-state index contributed by atoms with van der Waals surface area (Å²) in [5.74, 6) is 1.90. The lowest BCUT2D eigenvalue weighted by Crippen LogP contribution is -2.02. The number of nitrogens with zero attached hydrogens (tertiary/aromatic N) is 2. The Morgan fingerprint density at radius 2 is 2.46 bits per heavy atom. The minimum atomic E-state index is 0.154. The predicted molar refractivity (Wildman–Crippen MR) is 48.7 cm³/mol. The van der Waals surface area contributed by atoms with E-state index in [4.69, 9.17) is 4.52 Å². The van der Waals surface area contributed by atoms with E-state index >= 15 is 0 Å². The summed E-state index contributed by atoms with van der Waals surface area (Å²) >= 11 is 1.83. The van der Waals surface area contributed by atoms with E-state index in [1.54, 1.807) is 0 Å². The van der Waals surface area contributed by atoms with Crippen LogP contribution in [0.5, 0.6) is 0 Å². The van der Waals surface area contributed by atoms with Gasteiger partial charge in [-0.05, 0) is 18.6 Å². The van der Waals surface area contributed by atoms with Gasteiger partial charge in [-0.1, -0.05) is 11.6 Å². The molecule has 1 aliphatic rings. The molecule has 70 valence electrons. The molecule has 1 aliphatic heterocycles. The van der Waals surface area contributed by atoms with Gasteiger partial charge >= 0.3 is 0 Å². The van der Waals surface area contributed by atoms with E-state index in [2.05, 4.69) is 10.1 Å². The van der Waals surface area contributed by atoms with Crippen LogP contribution in [0.2, 0.25) is 0 Å². The summed E-state index contributed by atoms with van der Waals surface area (Å²) in [4.78, 5) is 14.3. The van der Waals surface area contributed by atoms with Crippen LogP contribution in [0.25, 0.3) is 0 Å². The predicted octanol–water partition coefficient (Wildman–Crippen LogP) is 1.84. The molecule has 0 saturated carbocycles. The van der Waals surface area contributed by atoms with Crippen molar-refractivity contribution < 1.29 is 9.32 Å². The lowest BCUT2D eigenvalue weighted by Gasteiger charge is -2.16. The smallest absolute Gasteiger partial charge is 0.240 e. The molecule has 1 saturated heterocycles. The van der Waals surface area contributed by atoms with Crippen LogP contribution in [0.1, 0.15) is 41.0 Å². The van der Waals surface area contributed by atoms with E-state index in [0.29, 0.717) is 17.4 Å². The van der Waals surface area contributed by atoms with Crippen LogP contribution >= 0.6 is 11.8 Å². The average Bonchev–Trinajstić information content (AvgIpc) is 2.67. The van der Waals surface area contributed by atoms with Crippen molar-refractivity contribution in [1.82, 2.24) is 10.1 Å². The van der Waals surface area contributed by atoms with E-state index in [1.165, 1.54) is 12.8 Å². The van der Waals surface area contributed by atoms with Gasteiger partial charge in [0.1, 0.15) is 0 Å². The summed E-state index contributed by atoms with van der Waals surface area (Å²) in [7, 11) is 0. The quantitative estimate of drug-likeness (QED) is 0.679.